The normalized spacial score (nSPS) is 20.8. The average molecular weight is 563 g/mol. The van der Waals surface area contributed by atoms with Gasteiger partial charge < -0.3 is 20.1 Å². The van der Waals surface area contributed by atoms with Crippen LogP contribution in [-0.2, 0) is 22.4 Å². The molecule has 1 aromatic heterocycles. The molecular formula is C25H28F6N4O4. The largest absolute Gasteiger partial charge is 0.446 e. The first-order chi connectivity index (χ1) is 18.3. The Balaban J connectivity index is 1.48. The van der Waals surface area contributed by atoms with Crippen molar-refractivity contribution in [3.63, 3.8) is 0 Å². The maximum Gasteiger partial charge on any atom is 0.411 e. The molecule has 0 bridgehead atoms. The first-order valence-corrected chi connectivity index (χ1v) is 12.4. The lowest BCUT2D eigenvalue weighted by Crippen LogP contribution is -2.43. The van der Waals surface area contributed by atoms with Crippen molar-refractivity contribution in [2.75, 3.05) is 25.5 Å². The second kappa shape index (κ2) is 11.4. The van der Waals surface area contributed by atoms with Crippen LogP contribution < -0.4 is 11.3 Å². The van der Waals surface area contributed by atoms with Gasteiger partial charge in [0, 0.05) is 12.1 Å². The number of carbonyl (C=O) groups is 1. The van der Waals surface area contributed by atoms with E-state index in [1.165, 1.54) is 4.90 Å². The highest BCUT2D eigenvalue weighted by Gasteiger charge is 2.42. The Morgan fingerprint density at radius 3 is 2.36 bits per heavy atom. The van der Waals surface area contributed by atoms with Gasteiger partial charge in [-0.2, -0.15) is 26.3 Å². The van der Waals surface area contributed by atoms with Crippen LogP contribution in [0.15, 0.2) is 35.1 Å². The molecule has 8 nitrogen and oxygen atoms in total. The molecule has 0 spiro atoms. The van der Waals surface area contributed by atoms with Crippen molar-refractivity contribution < 1.29 is 40.6 Å². The van der Waals surface area contributed by atoms with E-state index in [0.29, 0.717) is 5.56 Å². The second-order valence-electron chi connectivity index (χ2n) is 9.70. The summed E-state index contributed by atoms with van der Waals surface area (Å²) in [5.41, 5.74) is 6.53. The Morgan fingerprint density at radius 2 is 1.74 bits per heavy atom. The molecule has 1 saturated carbocycles. The number of carbonyl (C=O) groups excluding carboxylic acids is 1. The Labute approximate surface area is 219 Å². The number of nitrogens with zero attached hydrogens (tertiary/aromatic N) is 3. The Hall–Kier alpha value is -3.29. The molecule has 1 aliphatic heterocycles. The summed E-state index contributed by atoms with van der Waals surface area (Å²) in [4.78, 5) is 31.8. The van der Waals surface area contributed by atoms with Crippen molar-refractivity contribution in [2.24, 2.45) is 5.92 Å². The second-order valence-corrected chi connectivity index (χ2v) is 9.70. The number of alkyl halides is 6. The summed E-state index contributed by atoms with van der Waals surface area (Å²) in [7, 11) is 0. The summed E-state index contributed by atoms with van der Waals surface area (Å²) in [5.74, 6) is -1.66. The Kier molecular flexibility index (Phi) is 8.42. The van der Waals surface area contributed by atoms with Crippen LogP contribution in [0.3, 0.4) is 0 Å². The molecule has 0 saturated heterocycles. The van der Waals surface area contributed by atoms with Crippen LogP contribution in [0.4, 0.5) is 37.1 Å². The molecule has 2 N–H and O–H groups in total. The van der Waals surface area contributed by atoms with Gasteiger partial charge in [0.25, 0.3) is 5.56 Å². The number of amides is 1. The molecule has 1 fully saturated rings. The van der Waals surface area contributed by atoms with Gasteiger partial charge in [-0.25, -0.2) is 9.78 Å². The predicted octanol–water partition coefficient (Wildman–Crippen LogP) is 4.61. The molecular weight excluding hydrogens is 534 g/mol. The first-order valence-electron chi connectivity index (χ1n) is 12.4. The lowest BCUT2D eigenvalue weighted by molar-refractivity contribution is -0.186. The number of rotatable bonds is 6. The quantitative estimate of drug-likeness (QED) is 0.517. The fourth-order valence-corrected chi connectivity index (χ4v) is 4.98. The van der Waals surface area contributed by atoms with Crippen LogP contribution in [0.5, 0.6) is 0 Å². The maximum absolute atomic E-state index is 13.5. The number of nitrogen functional groups attached to an aromatic ring is 1. The SMILES string of the molecule is Nc1nc2c(c(=O)n1C(COCC(F)(F)F)c1ccccc1)CCN(C(=O)OC1CCC(C(F)(F)F)CC1)C2. The number of anilines is 1. The van der Waals surface area contributed by atoms with Gasteiger partial charge in [-0.3, -0.25) is 9.36 Å². The van der Waals surface area contributed by atoms with Gasteiger partial charge in [-0.15, -0.1) is 0 Å². The first kappa shape index (κ1) is 28.7. The van der Waals surface area contributed by atoms with E-state index >= 15 is 0 Å². The molecule has 2 aliphatic rings. The summed E-state index contributed by atoms with van der Waals surface area (Å²) >= 11 is 0. The minimum atomic E-state index is -4.55. The summed E-state index contributed by atoms with van der Waals surface area (Å²) in [6.45, 7) is -2.00. The zero-order valence-electron chi connectivity index (χ0n) is 20.8. The van der Waals surface area contributed by atoms with Crippen LogP contribution in [0.2, 0.25) is 0 Å². The zero-order valence-corrected chi connectivity index (χ0v) is 20.8. The zero-order chi connectivity index (χ0) is 28.4. The summed E-state index contributed by atoms with van der Waals surface area (Å²) in [6.07, 6.45) is -10.1. The van der Waals surface area contributed by atoms with Gasteiger partial charge in [0.1, 0.15) is 12.7 Å². The number of nitrogens with two attached hydrogens (primary N) is 1. The van der Waals surface area contributed by atoms with Crippen LogP contribution in [0.1, 0.15) is 48.5 Å². The predicted molar refractivity (Wildman–Crippen MR) is 127 cm³/mol. The molecule has 14 heteroatoms. The van der Waals surface area contributed by atoms with Crippen molar-refractivity contribution in [1.82, 2.24) is 14.5 Å². The van der Waals surface area contributed by atoms with Crippen LogP contribution in [0.25, 0.3) is 0 Å². The minimum Gasteiger partial charge on any atom is -0.446 e. The molecule has 39 heavy (non-hydrogen) atoms. The van der Waals surface area contributed by atoms with E-state index in [2.05, 4.69) is 4.98 Å². The van der Waals surface area contributed by atoms with Gasteiger partial charge in [0.15, 0.2) is 0 Å². The molecule has 4 rings (SSSR count). The monoisotopic (exact) mass is 562 g/mol. The van der Waals surface area contributed by atoms with E-state index in [1.54, 1.807) is 30.3 Å². The van der Waals surface area contributed by atoms with Crippen LogP contribution >= 0.6 is 0 Å². The average Bonchev–Trinajstić information content (AvgIpc) is 2.87. The van der Waals surface area contributed by atoms with Crippen molar-refractivity contribution in [3.8, 4) is 0 Å². The van der Waals surface area contributed by atoms with Gasteiger partial charge >= 0.3 is 18.4 Å². The van der Waals surface area contributed by atoms with Gasteiger partial charge in [-0.1, -0.05) is 30.3 Å². The number of hydrogen-bond acceptors (Lipinski definition) is 6. The van der Waals surface area contributed by atoms with Crippen molar-refractivity contribution in [3.05, 3.63) is 57.5 Å². The van der Waals surface area contributed by atoms with Gasteiger partial charge in [-0.05, 0) is 37.7 Å². The van der Waals surface area contributed by atoms with Crippen molar-refractivity contribution in [1.29, 1.82) is 0 Å². The van der Waals surface area contributed by atoms with Gasteiger partial charge in [0.2, 0.25) is 5.95 Å². The van der Waals surface area contributed by atoms with E-state index in [1.807, 2.05) is 0 Å². The lowest BCUT2D eigenvalue weighted by atomic mass is 9.87. The fraction of sp³-hybridized carbons (Fsp3) is 0.560. The smallest absolute Gasteiger partial charge is 0.411 e. The Bertz CT molecular complexity index is 1210. The standard InChI is InChI=1S/C25H28F6N4O4/c26-24(27,28)14-38-13-20(15-4-2-1-3-5-15)35-21(36)18-10-11-34(12-19(18)33-22(35)32)23(37)39-17-8-6-16(7-9-17)25(29,30)31/h1-5,16-17,20H,6-14H2,(H2,32,33). The van der Waals surface area contributed by atoms with Crippen LogP contribution in [-0.4, -0.2) is 58.8 Å². The maximum atomic E-state index is 13.5. The minimum absolute atomic E-state index is 0.0856. The summed E-state index contributed by atoms with van der Waals surface area (Å²) < 4.78 is 88.2. The molecule has 214 valence electrons. The van der Waals surface area contributed by atoms with Crippen molar-refractivity contribution >= 4 is 12.0 Å². The number of ether oxygens (including phenoxy) is 2. The molecule has 2 aromatic rings. The molecule has 1 amide bonds. The van der Waals surface area contributed by atoms with Gasteiger partial charge in [0.05, 0.1) is 30.8 Å². The van der Waals surface area contributed by atoms with Crippen LogP contribution in [0, 0.1) is 5.92 Å². The molecule has 2 heterocycles. The topological polar surface area (TPSA) is 99.7 Å². The fourth-order valence-electron chi connectivity index (χ4n) is 4.98. The van der Waals surface area contributed by atoms with E-state index in [9.17, 15) is 35.9 Å². The Morgan fingerprint density at radius 1 is 1.08 bits per heavy atom. The third-order valence-electron chi connectivity index (χ3n) is 6.99. The van der Waals surface area contributed by atoms with E-state index in [4.69, 9.17) is 15.2 Å². The highest BCUT2D eigenvalue weighted by Crippen LogP contribution is 2.38. The molecule has 0 radical (unpaired) electrons. The lowest BCUT2D eigenvalue weighted by Gasteiger charge is -2.33. The number of fused-ring (bicyclic) bond motifs is 1. The number of benzene rings is 1. The highest BCUT2D eigenvalue weighted by atomic mass is 19.4. The summed E-state index contributed by atoms with van der Waals surface area (Å²) in [5, 5.41) is 0. The highest BCUT2D eigenvalue weighted by molar-refractivity contribution is 5.68. The van der Waals surface area contributed by atoms with E-state index < -0.39 is 55.3 Å². The third kappa shape index (κ3) is 7.02. The molecule has 1 atom stereocenters. The molecule has 1 unspecified atom stereocenters. The van der Waals surface area contributed by atoms with Crippen molar-refractivity contribution in [2.45, 2.75) is 63.1 Å². The number of hydrogen-bond donors (Lipinski definition) is 1. The number of aromatic nitrogens is 2. The summed E-state index contributed by atoms with van der Waals surface area (Å²) in [6, 6.07) is 7.33. The number of halogens is 6. The van der Waals surface area contributed by atoms with E-state index in [0.717, 1.165) is 4.57 Å². The molecule has 1 aromatic carbocycles. The third-order valence-corrected chi connectivity index (χ3v) is 6.99. The van der Waals surface area contributed by atoms with E-state index in [-0.39, 0.29) is 62.4 Å². The molecule has 1 aliphatic carbocycles.